The van der Waals surface area contributed by atoms with Gasteiger partial charge in [-0.15, -0.1) is 0 Å². The van der Waals surface area contributed by atoms with E-state index >= 15 is 0 Å². The van der Waals surface area contributed by atoms with Gasteiger partial charge in [0.05, 0.1) is 7.11 Å². The zero-order chi connectivity index (χ0) is 25.5. The summed E-state index contributed by atoms with van der Waals surface area (Å²) in [6.07, 6.45) is 0.878. The average molecular weight is 498 g/mol. The van der Waals surface area contributed by atoms with Crippen LogP contribution in [0.2, 0.25) is 0 Å². The molecule has 1 aliphatic rings. The summed E-state index contributed by atoms with van der Waals surface area (Å²) in [5, 5.41) is 10.9. The Morgan fingerprint density at radius 1 is 0.944 bits per heavy atom. The molecule has 10 nitrogen and oxygen atoms in total. The number of aliphatic hydroxyl groups excluding tert-OH is 1. The van der Waals surface area contributed by atoms with Crippen LogP contribution in [0, 0.1) is 0 Å². The molecule has 4 rings (SSSR count). The van der Waals surface area contributed by atoms with Crippen molar-refractivity contribution in [3.63, 3.8) is 0 Å². The van der Waals surface area contributed by atoms with Crippen molar-refractivity contribution in [3.05, 3.63) is 71.5 Å². The number of ketones is 1. The molecule has 0 saturated heterocycles. The van der Waals surface area contributed by atoms with Crippen molar-refractivity contribution < 1.29 is 43.1 Å². The molecular formula is C26H27NO9. The Hall–Kier alpha value is -3.86. The zero-order valence-electron chi connectivity index (χ0n) is 20.1. The molecule has 1 aliphatic heterocycles. The minimum Gasteiger partial charge on any atom is -0.493 e. The number of carbonyl (C=O) groups is 1. The van der Waals surface area contributed by atoms with E-state index in [1.165, 1.54) is 27.4 Å². The maximum atomic E-state index is 13.2. The summed E-state index contributed by atoms with van der Waals surface area (Å²) < 4.78 is 38.5. The van der Waals surface area contributed by atoms with Gasteiger partial charge in [-0.05, 0) is 23.8 Å². The number of hydrogen-bond donors (Lipinski definition) is 1. The fraction of sp³-hybridized carbons (Fsp3) is 0.308. The summed E-state index contributed by atoms with van der Waals surface area (Å²) in [5.74, 6) is 1.08. The molecule has 1 N–H and O–H groups in total. The second kappa shape index (κ2) is 11.7. The topological polar surface area (TPSA) is 115 Å². The number of aromatic nitrogens is 1. The van der Waals surface area contributed by atoms with Crippen LogP contribution in [0.1, 0.15) is 27.6 Å². The zero-order valence-corrected chi connectivity index (χ0v) is 20.1. The van der Waals surface area contributed by atoms with E-state index in [-0.39, 0.29) is 37.3 Å². The fourth-order valence-electron chi connectivity index (χ4n) is 3.71. The molecule has 2 aromatic carbocycles. The molecule has 0 amide bonds. The highest BCUT2D eigenvalue weighted by atomic mass is 16.7. The number of ether oxygens (including phenoxy) is 7. The lowest BCUT2D eigenvalue weighted by Crippen LogP contribution is -2.36. The SMILES string of the molecule is COCOc1cc(OCOC)c2c(c1)OC(c1ccc(OC)c(OCc3cccnc3)c1)C(O)C2=O. The number of hydrogen-bond acceptors (Lipinski definition) is 10. The normalized spacial score (nSPS) is 16.6. The van der Waals surface area contributed by atoms with Gasteiger partial charge in [-0.25, -0.2) is 0 Å². The second-order valence-corrected chi connectivity index (χ2v) is 7.80. The third-order valence-electron chi connectivity index (χ3n) is 5.40. The van der Waals surface area contributed by atoms with Crippen molar-refractivity contribution in [2.75, 3.05) is 34.9 Å². The van der Waals surface area contributed by atoms with Crippen LogP contribution >= 0.6 is 0 Å². The Bertz CT molecular complexity index is 1190. The molecule has 0 spiro atoms. The summed E-state index contributed by atoms with van der Waals surface area (Å²) in [7, 11) is 4.48. The number of benzene rings is 2. The Balaban J connectivity index is 1.65. The largest absolute Gasteiger partial charge is 0.493 e. The molecule has 0 fully saturated rings. The van der Waals surface area contributed by atoms with E-state index in [1.807, 2.05) is 12.1 Å². The lowest BCUT2D eigenvalue weighted by atomic mass is 9.92. The Morgan fingerprint density at radius 3 is 2.47 bits per heavy atom. The van der Waals surface area contributed by atoms with Crippen LogP contribution in [0.5, 0.6) is 28.7 Å². The van der Waals surface area contributed by atoms with E-state index in [0.717, 1.165) is 5.56 Å². The van der Waals surface area contributed by atoms with E-state index in [4.69, 9.17) is 33.2 Å². The number of Topliss-reactive ketones (excluding diaryl/α,β-unsaturated/α-hetero) is 1. The van der Waals surface area contributed by atoms with Gasteiger partial charge in [-0.3, -0.25) is 9.78 Å². The van der Waals surface area contributed by atoms with E-state index in [1.54, 1.807) is 36.7 Å². The second-order valence-electron chi connectivity index (χ2n) is 7.80. The third-order valence-corrected chi connectivity index (χ3v) is 5.40. The molecule has 2 unspecified atom stereocenters. The number of fused-ring (bicyclic) bond motifs is 1. The molecule has 0 saturated carbocycles. The van der Waals surface area contributed by atoms with Gasteiger partial charge < -0.3 is 38.3 Å². The van der Waals surface area contributed by atoms with E-state index < -0.39 is 18.0 Å². The van der Waals surface area contributed by atoms with Gasteiger partial charge in [0, 0.05) is 44.3 Å². The van der Waals surface area contributed by atoms with Crippen molar-refractivity contribution in [1.82, 2.24) is 4.98 Å². The summed E-state index contributed by atoms with van der Waals surface area (Å²) in [4.78, 5) is 17.3. The maximum Gasteiger partial charge on any atom is 0.202 e. The number of rotatable bonds is 11. The van der Waals surface area contributed by atoms with Crippen molar-refractivity contribution in [2.45, 2.75) is 18.8 Å². The third kappa shape index (κ3) is 5.51. The van der Waals surface area contributed by atoms with Gasteiger partial charge in [-0.2, -0.15) is 0 Å². The molecule has 36 heavy (non-hydrogen) atoms. The van der Waals surface area contributed by atoms with Crippen LogP contribution in [0.3, 0.4) is 0 Å². The van der Waals surface area contributed by atoms with Gasteiger partial charge in [0.2, 0.25) is 5.78 Å². The van der Waals surface area contributed by atoms with Crippen LogP contribution in [0.25, 0.3) is 0 Å². The Labute approximate surface area is 208 Å². The van der Waals surface area contributed by atoms with E-state index in [2.05, 4.69) is 4.98 Å². The fourth-order valence-corrected chi connectivity index (χ4v) is 3.71. The number of carbonyl (C=O) groups excluding carboxylic acids is 1. The number of aliphatic hydroxyl groups is 1. The number of methoxy groups -OCH3 is 3. The Morgan fingerprint density at radius 2 is 1.75 bits per heavy atom. The van der Waals surface area contributed by atoms with Crippen LogP contribution < -0.4 is 23.7 Å². The molecule has 1 aromatic heterocycles. The summed E-state index contributed by atoms with van der Waals surface area (Å²) in [6, 6.07) is 11.8. The monoisotopic (exact) mass is 497 g/mol. The van der Waals surface area contributed by atoms with Crippen LogP contribution in [0.15, 0.2) is 54.9 Å². The molecule has 3 aromatic rings. The summed E-state index contributed by atoms with van der Waals surface area (Å²) >= 11 is 0. The summed E-state index contributed by atoms with van der Waals surface area (Å²) in [5.41, 5.74) is 1.49. The minimum absolute atomic E-state index is 0.0153. The van der Waals surface area contributed by atoms with Gasteiger partial charge in [0.1, 0.15) is 29.4 Å². The van der Waals surface area contributed by atoms with E-state index in [0.29, 0.717) is 22.8 Å². The van der Waals surface area contributed by atoms with Crippen molar-refractivity contribution in [1.29, 1.82) is 0 Å². The first-order valence-electron chi connectivity index (χ1n) is 11.1. The number of nitrogens with zero attached hydrogens (tertiary/aromatic N) is 1. The first-order valence-corrected chi connectivity index (χ1v) is 11.1. The smallest absolute Gasteiger partial charge is 0.202 e. The van der Waals surface area contributed by atoms with Gasteiger partial charge in [-0.1, -0.05) is 12.1 Å². The molecule has 10 heteroatoms. The first-order chi connectivity index (χ1) is 17.5. The van der Waals surface area contributed by atoms with Crippen molar-refractivity contribution in [3.8, 4) is 28.7 Å². The molecule has 2 heterocycles. The molecule has 2 atom stereocenters. The highest BCUT2D eigenvalue weighted by Gasteiger charge is 2.40. The highest BCUT2D eigenvalue weighted by molar-refractivity contribution is 6.05. The van der Waals surface area contributed by atoms with Crippen LogP contribution in [-0.4, -0.2) is 56.9 Å². The highest BCUT2D eigenvalue weighted by Crippen LogP contribution is 2.44. The van der Waals surface area contributed by atoms with Gasteiger partial charge in [0.25, 0.3) is 0 Å². The summed E-state index contributed by atoms with van der Waals surface area (Å²) in [6.45, 7) is 0.131. The van der Waals surface area contributed by atoms with Crippen LogP contribution in [-0.2, 0) is 16.1 Å². The quantitative estimate of drug-likeness (QED) is 0.396. The standard InChI is InChI=1S/C26H27NO9/c1-30-14-34-18-10-21(35-15-31-2)23-22(11-18)36-26(25(29)24(23)28)17-6-7-19(32-3)20(9-17)33-13-16-5-4-8-27-12-16/h4-12,25-26,29H,13-15H2,1-3H3. The minimum atomic E-state index is -1.49. The Kier molecular flexibility index (Phi) is 8.21. The van der Waals surface area contributed by atoms with E-state index in [9.17, 15) is 9.90 Å². The van der Waals surface area contributed by atoms with Crippen molar-refractivity contribution >= 4 is 5.78 Å². The van der Waals surface area contributed by atoms with Crippen molar-refractivity contribution in [2.24, 2.45) is 0 Å². The predicted octanol–water partition coefficient (Wildman–Crippen LogP) is 3.31. The molecule has 0 radical (unpaired) electrons. The molecule has 0 aliphatic carbocycles. The molecule has 0 bridgehead atoms. The lowest BCUT2D eigenvalue weighted by molar-refractivity contribution is 0.0174. The first kappa shape index (κ1) is 25.2. The average Bonchev–Trinajstić information content (AvgIpc) is 2.91. The van der Waals surface area contributed by atoms with Gasteiger partial charge >= 0.3 is 0 Å². The maximum absolute atomic E-state index is 13.2. The van der Waals surface area contributed by atoms with Crippen LogP contribution in [0.4, 0.5) is 0 Å². The predicted molar refractivity (Wildman–Crippen MR) is 127 cm³/mol. The lowest BCUT2D eigenvalue weighted by Gasteiger charge is -2.31. The van der Waals surface area contributed by atoms with Gasteiger partial charge in [0.15, 0.2) is 37.3 Å². The number of pyridine rings is 1. The molecular weight excluding hydrogens is 470 g/mol. The molecule has 190 valence electrons.